The molecule has 0 unspecified atom stereocenters. The molecule has 4 nitrogen and oxygen atoms in total. The highest BCUT2D eigenvalue weighted by molar-refractivity contribution is 9.10. The van der Waals surface area contributed by atoms with Crippen LogP contribution in [0.2, 0.25) is 5.02 Å². The minimum absolute atomic E-state index is 0.134. The summed E-state index contributed by atoms with van der Waals surface area (Å²) in [7, 11) is 0. The van der Waals surface area contributed by atoms with Crippen molar-refractivity contribution in [3.63, 3.8) is 0 Å². The predicted molar refractivity (Wildman–Crippen MR) is 108 cm³/mol. The van der Waals surface area contributed by atoms with Gasteiger partial charge in [0.1, 0.15) is 5.56 Å². The molecule has 3 aromatic rings. The van der Waals surface area contributed by atoms with Crippen molar-refractivity contribution in [2.24, 2.45) is 0 Å². The van der Waals surface area contributed by atoms with Crippen molar-refractivity contribution in [2.75, 3.05) is 5.32 Å². The monoisotopic (exact) mass is 430 g/mol. The summed E-state index contributed by atoms with van der Waals surface area (Å²) in [6.45, 7) is 3.96. The second-order valence-corrected chi connectivity index (χ2v) is 8.06. The molecule has 6 heteroatoms. The topological polar surface area (TPSA) is 51.1 Å². The zero-order valence-corrected chi connectivity index (χ0v) is 16.6. The maximum atomic E-state index is 13.0. The molecular formula is C20H16BrClN2O2. The van der Waals surface area contributed by atoms with E-state index in [1.807, 2.05) is 23.6 Å². The first kappa shape index (κ1) is 17.3. The second kappa shape index (κ2) is 6.25. The van der Waals surface area contributed by atoms with Gasteiger partial charge in [0, 0.05) is 32.8 Å². The summed E-state index contributed by atoms with van der Waals surface area (Å²) in [6.07, 6.45) is 2.52. The number of aromatic nitrogens is 1. The average Bonchev–Trinajstić information content (AvgIpc) is 2.89. The fourth-order valence-corrected chi connectivity index (χ4v) is 4.22. The predicted octanol–water partition coefficient (Wildman–Crippen LogP) is 5.10. The number of halogens is 2. The van der Waals surface area contributed by atoms with Gasteiger partial charge < -0.3 is 9.88 Å². The van der Waals surface area contributed by atoms with Crippen molar-refractivity contribution in [1.82, 2.24) is 4.57 Å². The van der Waals surface area contributed by atoms with Crippen molar-refractivity contribution in [2.45, 2.75) is 26.3 Å². The number of benzene rings is 2. The zero-order valence-electron chi connectivity index (χ0n) is 14.3. The Kier molecular flexibility index (Phi) is 4.16. The molecule has 1 atom stereocenters. The van der Waals surface area contributed by atoms with Gasteiger partial charge in [0.2, 0.25) is 5.43 Å². The molecule has 2 heterocycles. The normalized spacial score (nSPS) is 15.5. The molecule has 1 aliphatic heterocycles. The lowest BCUT2D eigenvalue weighted by atomic mass is 10.1. The zero-order chi connectivity index (χ0) is 18.6. The fraction of sp³-hybridized carbons (Fsp3) is 0.200. The summed E-state index contributed by atoms with van der Waals surface area (Å²) in [4.78, 5) is 25.8. The van der Waals surface area contributed by atoms with Gasteiger partial charge in [-0.25, -0.2) is 0 Å². The Morgan fingerprint density at radius 1 is 1.31 bits per heavy atom. The number of carbonyl (C=O) groups is 1. The summed E-state index contributed by atoms with van der Waals surface area (Å²) < 4.78 is 2.87. The van der Waals surface area contributed by atoms with Crippen LogP contribution in [-0.2, 0) is 6.42 Å². The lowest BCUT2D eigenvalue weighted by Crippen LogP contribution is -2.24. The Morgan fingerprint density at radius 2 is 2.08 bits per heavy atom. The van der Waals surface area contributed by atoms with E-state index in [0.717, 1.165) is 27.5 Å². The molecule has 26 heavy (non-hydrogen) atoms. The van der Waals surface area contributed by atoms with E-state index in [1.165, 1.54) is 0 Å². The van der Waals surface area contributed by atoms with E-state index in [2.05, 4.69) is 28.2 Å². The minimum atomic E-state index is -0.424. The summed E-state index contributed by atoms with van der Waals surface area (Å²) in [5.41, 5.74) is 3.40. The molecule has 132 valence electrons. The van der Waals surface area contributed by atoms with Gasteiger partial charge in [-0.1, -0.05) is 33.6 Å². The molecule has 4 rings (SSSR count). The highest BCUT2D eigenvalue weighted by Gasteiger charge is 2.25. The standard InChI is InChI=1S/C20H16BrClN2O2/c1-10-3-4-14(22)8-17(10)23-20(26)16-9-24-11(2)5-12-6-13(21)7-15(18(12)24)19(16)25/h3-4,6-9,11H,5H2,1-2H3,(H,23,26)/t11-/m0/s1. The van der Waals surface area contributed by atoms with E-state index in [0.29, 0.717) is 16.1 Å². The Bertz CT molecular complexity index is 1140. The molecule has 1 N–H and O–H groups in total. The van der Waals surface area contributed by atoms with E-state index < -0.39 is 5.91 Å². The van der Waals surface area contributed by atoms with Crippen LogP contribution in [0, 0.1) is 6.92 Å². The van der Waals surface area contributed by atoms with Gasteiger partial charge in [0.15, 0.2) is 0 Å². The third kappa shape index (κ3) is 2.75. The quantitative estimate of drug-likeness (QED) is 0.614. The number of carbonyl (C=O) groups excluding carboxylic acids is 1. The van der Waals surface area contributed by atoms with E-state index >= 15 is 0 Å². The minimum Gasteiger partial charge on any atom is -0.343 e. The molecule has 0 bridgehead atoms. The molecule has 0 spiro atoms. The number of hydrogen-bond acceptors (Lipinski definition) is 2. The molecule has 0 saturated carbocycles. The van der Waals surface area contributed by atoms with Gasteiger partial charge in [-0.3, -0.25) is 9.59 Å². The molecular weight excluding hydrogens is 416 g/mol. The van der Waals surface area contributed by atoms with Crippen molar-refractivity contribution in [3.8, 4) is 0 Å². The summed E-state index contributed by atoms with van der Waals surface area (Å²) in [5, 5.41) is 3.92. The van der Waals surface area contributed by atoms with Gasteiger partial charge in [-0.15, -0.1) is 0 Å². The van der Waals surface area contributed by atoms with Gasteiger partial charge in [-0.05, 0) is 55.7 Å². The van der Waals surface area contributed by atoms with Gasteiger partial charge in [-0.2, -0.15) is 0 Å². The van der Waals surface area contributed by atoms with E-state index in [4.69, 9.17) is 11.6 Å². The lowest BCUT2D eigenvalue weighted by molar-refractivity contribution is 0.102. The molecule has 0 fully saturated rings. The van der Waals surface area contributed by atoms with Crippen LogP contribution in [0.5, 0.6) is 0 Å². The summed E-state index contributed by atoms with van der Waals surface area (Å²) >= 11 is 9.50. The molecule has 1 aliphatic rings. The number of nitrogens with zero attached hydrogens (tertiary/aromatic N) is 1. The van der Waals surface area contributed by atoms with Gasteiger partial charge in [0.25, 0.3) is 5.91 Å². The largest absolute Gasteiger partial charge is 0.343 e. The number of rotatable bonds is 2. The van der Waals surface area contributed by atoms with E-state index in [1.54, 1.807) is 24.4 Å². The van der Waals surface area contributed by atoms with Crippen LogP contribution in [0.1, 0.15) is 34.5 Å². The Labute approximate surface area is 163 Å². The third-order valence-corrected chi connectivity index (χ3v) is 5.54. The van der Waals surface area contributed by atoms with E-state index in [9.17, 15) is 9.59 Å². The first-order valence-electron chi connectivity index (χ1n) is 8.30. The molecule has 2 aromatic carbocycles. The van der Waals surface area contributed by atoms with Crippen LogP contribution in [0.4, 0.5) is 5.69 Å². The number of anilines is 1. The fourth-order valence-electron chi connectivity index (χ4n) is 3.54. The van der Waals surface area contributed by atoms with Gasteiger partial charge >= 0.3 is 0 Å². The lowest BCUT2D eigenvalue weighted by Gasteiger charge is -2.13. The summed E-state index contributed by atoms with van der Waals surface area (Å²) in [6, 6.07) is 9.30. The number of amides is 1. The molecule has 1 amide bonds. The van der Waals surface area contributed by atoms with Crippen molar-refractivity contribution < 1.29 is 4.79 Å². The number of pyridine rings is 1. The summed E-state index contributed by atoms with van der Waals surface area (Å²) in [5.74, 6) is -0.424. The Morgan fingerprint density at radius 3 is 2.85 bits per heavy atom. The molecule has 0 radical (unpaired) electrons. The first-order valence-corrected chi connectivity index (χ1v) is 9.47. The van der Waals surface area contributed by atoms with Gasteiger partial charge in [0.05, 0.1) is 5.52 Å². The smallest absolute Gasteiger partial charge is 0.261 e. The molecule has 0 saturated heterocycles. The average molecular weight is 432 g/mol. The van der Waals surface area contributed by atoms with Crippen LogP contribution in [0.15, 0.2) is 45.8 Å². The van der Waals surface area contributed by atoms with Crippen LogP contribution < -0.4 is 10.7 Å². The van der Waals surface area contributed by atoms with Crippen molar-refractivity contribution in [3.05, 3.63) is 72.9 Å². The highest BCUT2D eigenvalue weighted by atomic mass is 79.9. The van der Waals surface area contributed by atoms with Crippen molar-refractivity contribution >= 4 is 50.0 Å². The van der Waals surface area contributed by atoms with Crippen LogP contribution in [-0.4, -0.2) is 10.5 Å². The SMILES string of the molecule is Cc1ccc(Cl)cc1NC(=O)c1cn2c3c(cc(Br)cc3c1=O)C[C@@H]2C. The van der Waals surface area contributed by atoms with Crippen LogP contribution >= 0.6 is 27.5 Å². The van der Waals surface area contributed by atoms with Crippen LogP contribution in [0.3, 0.4) is 0 Å². The maximum Gasteiger partial charge on any atom is 0.261 e. The van der Waals surface area contributed by atoms with Crippen LogP contribution in [0.25, 0.3) is 10.9 Å². The second-order valence-electron chi connectivity index (χ2n) is 6.71. The number of nitrogens with one attached hydrogen (secondary N) is 1. The molecule has 0 aliphatic carbocycles. The Hall–Kier alpha value is -2.11. The number of aryl methyl sites for hydroxylation is 1. The third-order valence-electron chi connectivity index (χ3n) is 4.85. The highest BCUT2D eigenvalue weighted by Crippen LogP contribution is 2.33. The maximum absolute atomic E-state index is 13.0. The van der Waals surface area contributed by atoms with Crippen molar-refractivity contribution in [1.29, 1.82) is 0 Å². The molecule has 1 aromatic heterocycles. The first-order chi connectivity index (χ1) is 12.3. The van der Waals surface area contributed by atoms with E-state index in [-0.39, 0.29) is 17.0 Å². The Balaban J connectivity index is 1.85. The number of hydrogen-bond donors (Lipinski definition) is 1.